The van der Waals surface area contributed by atoms with Gasteiger partial charge in [0.25, 0.3) is 5.56 Å². The number of nitrogens with one attached hydrogen (secondary N) is 1. The summed E-state index contributed by atoms with van der Waals surface area (Å²) >= 11 is 3.36. The van der Waals surface area contributed by atoms with Crippen LogP contribution in [0.4, 0.5) is 5.82 Å². The molecule has 7 nitrogen and oxygen atoms in total. The molecule has 0 unspecified atom stereocenters. The maximum Gasteiger partial charge on any atom is 0.268 e. The van der Waals surface area contributed by atoms with Gasteiger partial charge in [-0.15, -0.1) is 6.42 Å². The van der Waals surface area contributed by atoms with E-state index in [2.05, 4.69) is 26.8 Å². The van der Waals surface area contributed by atoms with Crippen molar-refractivity contribution in [2.45, 2.75) is 0 Å². The number of methoxy groups -OCH3 is 1. The number of ether oxygens (including phenoxy) is 2. The number of terminal acetylenes is 1. The molecule has 1 aromatic heterocycles. The molecule has 0 fully saturated rings. The van der Waals surface area contributed by atoms with Crippen molar-refractivity contribution in [3.63, 3.8) is 0 Å². The van der Waals surface area contributed by atoms with Crippen LogP contribution in [0.5, 0.6) is 11.5 Å². The number of pyridine rings is 1. The zero-order chi connectivity index (χ0) is 18.6. The van der Waals surface area contributed by atoms with E-state index in [1.807, 2.05) is 12.1 Å². The van der Waals surface area contributed by atoms with Gasteiger partial charge >= 0.3 is 0 Å². The van der Waals surface area contributed by atoms with Crippen molar-refractivity contribution in [2.24, 2.45) is 0 Å². The fourth-order valence-electron chi connectivity index (χ4n) is 2.23. The minimum atomic E-state index is -0.687. The number of nitrogen functional groups attached to an aromatic ring is 1. The molecule has 0 aliphatic rings. The first kappa shape index (κ1) is 17.9. The number of nitrogens with zero attached hydrogens (tertiary/aromatic N) is 2. The van der Waals surface area contributed by atoms with Crippen LogP contribution in [0.3, 0.4) is 0 Å². The van der Waals surface area contributed by atoms with Crippen molar-refractivity contribution in [3.8, 4) is 47.1 Å². The van der Waals surface area contributed by atoms with Crippen LogP contribution in [-0.4, -0.2) is 18.7 Å². The Morgan fingerprint density at radius 2 is 1.96 bits per heavy atom. The van der Waals surface area contributed by atoms with E-state index in [1.54, 1.807) is 6.07 Å². The molecule has 1 aromatic carbocycles. The number of hydrogen-bond acceptors (Lipinski definition) is 6. The number of hydrogen-bond donors (Lipinski definition) is 2. The zero-order valence-corrected chi connectivity index (χ0v) is 14.6. The number of halogens is 1. The quantitative estimate of drug-likeness (QED) is 0.759. The Morgan fingerprint density at radius 3 is 2.52 bits per heavy atom. The number of anilines is 1. The number of nitrogens with two attached hydrogens (primary N) is 1. The Morgan fingerprint density at radius 1 is 1.28 bits per heavy atom. The summed E-state index contributed by atoms with van der Waals surface area (Å²) in [5.74, 6) is 2.90. The molecule has 0 atom stereocenters. The van der Waals surface area contributed by atoms with Gasteiger partial charge in [-0.3, -0.25) is 4.79 Å². The second-order valence-electron chi connectivity index (χ2n) is 4.69. The number of H-pyrrole nitrogens is 1. The highest BCUT2D eigenvalue weighted by Crippen LogP contribution is 2.41. The normalized spacial score (nSPS) is 9.56. The van der Waals surface area contributed by atoms with Gasteiger partial charge in [-0.1, -0.05) is 21.9 Å². The van der Waals surface area contributed by atoms with Crippen LogP contribution in [0.2, 0.25) is 0 Å². The summed E-state index contributed by atoms with van der Waals surface area (Å²) < 4.78 is 11.1. The van der Waals surface area contributed by atoms with Crippen molar-refractivity contribution >= 4 is 21.7 Å². The van der Waals surface area contributed by atoms with Gasteiger partial charge in [-0.2, -0.15) is 10.5 Å². The third kappa shape index (κ3) is 3.28. The smallest absolute Gasteiger partial charge is 0.268 e. The van der Waals surface area contributed by atoms with Crippen LogP contribution < -0.4 is 20.8 Å². The van der Waals surface area contributed by atoms with Crippen molar-refractivity contribution < 1.29 is 9.47 Å². The average Bonchev–Trinajstić information content (AvgIpc) is 2.59. The van der Waals surface area contributed by atoms with E-state index < -0.39 is 5.56 Å². The molecule has 0 saturated carbocycles. The Bertz CT molecular complexity index is 1020. The van der Waals surface area contributed by atoms with Crippen molar-refractivity contribution in [2.75, 3.05) is 19.5 Å². The van der Waals surface area contributed by atoms with Gasteiger partial charge in [0.1, 0.15) is 35.7 Å². The molecule has 0 aliphatic heterocycles. The second kappa shape index (κ2) is 7.44. The summed E-state index contributed by atoms with van der Waals surface area (Å²) in [5, 5.41) is 18.8. The van der Waals surface area contributed by atoms with Gasteiger partial charge in [0.05, 0.1) is 7.11 Å². The molecular weight excluding hydrogens is 388 g/mol. The van der Waals surface area contributed by atoms with E-state index in [0.29, 0.717) is 21.5 Å². The van der Waals surface area contributed by atoms with E-state index in [1.165, 1.54) is 13.2 Å². The monoisotopic (exact) mass is 398 g/mol. The average molecular weight is 399 g/mol. The zero-order valence-electron chi connectivity index (χ0n) is 13.0. The lowest BCUT2D eigenvalue weighted by Crippen LogP contribution is -2.16. The van der Waals surface area contributed by atoms with Crippen LogP contribution in [0.1, 0.15) is 11.1 Å². The van der Waals surface area contributed by atoms with E-state index in [-0.39, 0.29) is 29.1 Å². The maximum absolute atomic E-state index is 12.0. The van der Waals surface area contributed by atoms with E-state index in [0.717, 1.165) is 0 Å². The van der Waals surface area contributed by atoms with Gasteiger partial charge in [0.15, 0.2) is 11.5 Å². The molecule has 2 rings (SSSR count). The predicted molar refractivity (Wildman–Crippen MR) is 94.9 cm³/mol. The molecule has 0 bridgehead atoms. The van der Waals surface area contributed by atoms with Gasteiger partial charge in [0.2, 0.25) is 0 Å². The van der Waals surface area contributed by atoms with Crippen LogP contribution in [0, 0.1) is 35.0 Å². The largest absolute Gasteiger partial charge is 0.493 e. The summed E-state index contributed by atoms with van der Waals surface area (Å²) in [6, 6.07) is 6.83. The summed E-state index contributed by atoms with van der Waals surface area (Å²) in [5.41, 5.74) is 5.29. The lowest BCUT2D eigenvalue weighted by atomic mass is 9.96. The van der Waals surface area contributed by atoms with Crippen LogP contribution in [-0.2, 0) is 0 Å². The Labute approximate surface area is 151 Å². The molecule has 8 heteroatoms. The summed E-state index contributed by atoms with van der Waals surface area (Å²) in [7, 11) is 1.43. The minimum Gasteiger partial charge on any atom is -0.493 e. The molecule has 3 N–H and O–H groups in total. The van der Waals surface area contributed by atoms with Crippen molar-refractivity contribution in [1.82, 2.24) is 4.98 Å². The predicted octanol–water partition coefficient (Wildman–Crippen LogP) is 2.15. The summed E-state index contributed by atoms with van der Waals surface area (Å²) in [4.78, 5) is 14.3. The minimum absolute atomic E-state index is 0.0174. The molecule has 0 amide bonds. The maximum atomic E-state index is 12.0. The lowest BCUT2D eigenvalue weighted by molar-refractivity contribution is 0.331. The number of benzene rings is 1. The molecule has 0 aliphatic carbocycles. The van der Waals surface area contributed by atoms with Crippen LogP contribution >= 0.6 is 15.9 Å². The van der Waals surface area contributed by atoms with E-state index in [4.69, 9.17) is 21.6 Å². The summed E-state index contributed by atoms with van der Waals surface area (Å²) in [6.07, 6.45) is 5.18. The first-order chi connectivity index (χ1) is 12.0. The van der Waals surface area contributed by atoms with Crippen molar-refractivity contribution in [3.05, 3.63) is 38.1 Å². The highest BCUT2D eigenvalue weighted by atomic mass is 79.9. The van der Waals surface area contributed by atoms with E-state index in [9.17, 15) is 15.3 Å². The number of aromatic nitrogens is 1. The number of nitriles is 2. The third-order valence-electron chi connectivity index (χ3n) is 3.30. The SMILES string of the molecule is C#CCOc1cc(Br)c(-c2c(C#N)c(N)[nH]c(=O)c2C#N)cc1OC. The van der Waals surface area contributed by atoms with Gasteiger partial charge in [0, 0.05) is 15.6 Å². The first-order valence-electron chi connectivity index (χ1n) is 6.78. The number of rotatable bonds is 4. The fourth-order valence-corrected chi connectivity index (χ4v) is 2.75. The molecular formula is C17H11BrN4O3. The number of aromatic amines is 1. The highest BCUT2D eigenvalue weighted by Gasteiger charge is 2.22. The Kier molecular flexibility index (Phi) is 5.34. The summed E-state index contributed by atoms with van der Waals surface area (Å²) in [6.45, 7) is 0.0347. The molecule has 0 radical (unpaired) electrons. The topological polar surface area (TPSA) is 125 Å². The molecule has 0 saturated heterocycles. The van der Waals surface area contributed by atoms with Gasteiger partial charge in [-0.05, 0) is 12.1 Å². The first-order valence-corrected chi connectivity index (χ1v) is 7.57. The Balaban J connectivity index is 2.85. The standard InChI is InChI=1S/C17H11BrN4O3/c1-3-4-25-14-6-12(18)9(5-13(14)24-2)15-10(7-19)16(21)22-17(23)11(15)8-20/h1,5-6H,4H2,2H3,(H3,21,22,23). The molecule has 124 valence electrons. The molecule has 25 heavy (non-hydrogen) atoms. The molecule has 1 heterocycles. The van der Waals surface area contributed by atoms with E-state index >= 15 is 0 Å². The molecule has 0 spiro atoms. The van der Waals surface area contributed by atoms with Gasteiger partial charge < -0.3 is 20.2 Å². The fraction of sp³-hybridized carbons (Fsp3) is 0.118. The second-order valence-corrected chi connectivity index (χ2v) is 5.55. The van der Waals surface area contributed by atoms with Gasteiger partial charge in [-0.25, -0.2) is 0 Å². The Hall–Kier alpha value is -3.41. The van der Waals surface area contributed by atoms with Crippen LogP contribution in [0.15, 0.2) is 21.4 Å². The van der Waals surface area contributed by atoms with Crippen LogP contribution in [0.25, 0.3) is 11.1 Å². The highest BCUT2D eigenvalue weighted by molar-refractivity contribution is 9.10. The lowest BCUT2D eigenvalue weighted by Gasteiger charge is -2.15. The third-order valence-corrected chi connectivity index (χ3v) is 3.96. The van der Waals surface area contributed by atoms with Crippen molar-refractivity contribution in [1.29, 1.82) is 10.5 Å². The molecule has 2 aromatic rings.